The molecule has 1 aromatic rings. The zero-order chi connectivity index (χ0) is 22.0. The summed E-state index contributed by atoms with van der Waals surface area (Å²) in [5, 5.41) is 8.77. The van der Waals surface area contributed by atoms with Gasteiger partial charge in [0.05, 0.1) is 28.4 Å². The zero-order valence-corrected chi connectivity index (χ0v) is 19.8. The second-order valence-corrected chi connectivity index (χ2v) is 7.91. The molecule has 5 heteroatoms. The lowest BCUT2D eigenvalue weighted by atomic mass is 10.0. The molecule has 0 heterocycles. The minimum atomic E-state index is 0.343. The molecule has 0 fully saturated rings. The molecule has 0 spiro atoms. The normalized spacial score (nSPS) is 10.8. The van der Waals surface area contributed by atoms with E-state index >= 15 is 0 Å². The molecule has 0 aliphatic heterocycles. The van der Waals surface area contributed by atoms with Crippen molar-refractivity contribution in [2.45, 2.75) is 89.9 Å². The maximum atomic E-state index is 8.77. The summed E-state index contributed by atoms with van der Waals surface area (Å²) < 4.78 is 22.0. The van der Waals surface area contributed by atoms with Gasteiger partial charge in [0.1, 0.15) is 0 Å². The predicted molar refractivity (Wildman–Crippen MR) is 123 cm³/mol. The smallest absolute Gasteiger partial charge is 0.207 e. The lowest BCUT2D eigenvalue weighted by molar-refractivity contribution is 0.282. The maximum Gasteiger partial charge on any atom is 0.207 e. The number of methoxy groups -OCH3 is 4. The minimum absolute atomic E-state index is 0.343. The molecule has 30 heavy (non-hydrogen) atoms. The number of aliphatic hydroxyl groups is 1. The minimum Gasteiger partial charge on any atom is -0.493 e. The van der Waals surface area contributed by atoms with E-state index < -0.39 is 0 Å². The summed E-state index contributed by atoms with van der Waals surface area (Å²) >= 11 is 0. The van der Waals surface area contributed by atoms with E-state index in [0.717, 1.165) is 30.6 Å². The van der Waals surface area contributed by atoms with Crippen molar-refractivity contribution in [1.82, 2.24) is 0 Å². The second-order valence-electron chi connectivity index (χ2n) is 7.91. The molecule has 0 aliphatic rings. The molecule has 0 aliphatic carbocycles. The molecule has 0 atom stereocenters. The molecular formula is C25H44O5. The molecule has 0 radical (unpaired) electrons. The molecule has 0 bridgehead atoms. The Morgan fingerprint density at radius 2 is 0.967 bits per heavy atom. The summed E-state index contributed by atoms with van der Waals surface area (Å²) in [4.78, 5) is 0. The van der Waals surface area contributed by atoms with Gasteiger partial charge in [0.15, 0.2) is 11.5 Å². The zero-order valence-electron chi connectivity index (χ0n) is 19.8. The molecule has 1 aromatic carbocycles. The van der Waals surface area contributed by atoms with Gasteiger partial charge in [0, 0.05) is 12.2 Å². The van der Waals surface area contributed by atoms with Crippen molar-refractivity contribution in [2.24, 2.45) is 0 Å². The molecule has 0 amide bonds. The molecule has 0 aromatic heterocycles. The summed E-state index contributed by atoms with van der Waals surface area (Å²) in [6.07, 6.45) is 17.4. The monoisotopic (exact) mass is 424 g/mol. The average Bonchev–Trinajstić information content (AvgIpc) is 2.77. The summed E-state index contributed by atoms with van der Waals surface area (Å²) in [5.74, 6) is 2.60. The van der Waals surface area contributed by atoms with Crippen LogP contribution in [-0.4, -0.2) is 40.2 Å². The maximum absolute atomic E-state index is 8.77. The molecule has 1 rings (SSSR count). The van der Waals surface area contributed by atoms with Gasteiger partial charge in [-0.1, -0.05) is 70.6 Å². The Labute approximate surface area is 184 Å². The largest absolute Gasteiger partial charge is 0.493 e. The van der Waals surface area contributed by atoms with Crippen LogP contribution < -0.4 is 18.9 Å². The van der Waals surface area contributed by atoms with Crippen LogP contribution in [0.15, 0.2) is 6.07 Å². The van der Waals surface area contributed by atoms with Crippen molar-refractivity contribution in [3.63, 3.8) is 0 Å². The van der Waals surface area contributed by atoms with Crippen LogP contribution >= 0.6 is 0 Å². The molecule has 5 nitrogen and oxygen atoms in total. The van der Waals surface area contributed by atoms with Crippen LogP contribution in [0.4, 0.5) is 0 Å². The number of aliphatic hydroxyl groups excluding tert-OH is 1. The quantitative estimate of drug-likeness (QED) is 0.263. The highest BCUT2D eigenvalue weighted by molar-refractivity contribution is 5.62. The van der Waals surface area contributed by atoms with E-state index in [-0.39, 0.29) is 0 Å². The number of ether oxygens (including phenoxy) is 4. The Bertz CT molecular complexity index is 559. The van der Waals surface area contributed by atoms with Crippen molar-refractivity contribution >= 4 is 0 Å². The van der Waals surface area contributed by atoms with Crippen molar-refractivity contribution in [3.05, 3.63) is 11.6 Å². The number of benzene rings is 1. The van der Waals surface area contributed by atoms with Crippen LogP contribution in [0, 0.1) is 0 Å². The lowest BCUT2D eigenvalue weighted by Crippen LogP contribution is -2.01. The summed E-state index contributed by atoms with van der Waals surface area (Å²) in [6.45, 7) is 0.343. The van der Waals surface area contributed by atoms with Crippen LogP contribution in [0.1, 0.15) is 89.0 Å². The van der Waals surface area contributed by atoms with Crippen LogP contribution in [0.2, 0.25) is 0 Å². The van der Waals surface area contributed by atoms with Gasteiger partial charge in [-0.2, -0.15) is 0 Å². The Hall–Kier alpha value is -1.62. The number of hydrogen-bond acceptors (Lipinski definition) is 5. The highest BCUT2D eigenvalue weighted by Crippen LogP contribution is 2.46. The Morgan fingerprint density at radius 3 is 1.37 bits per heavy atom. The van der Waals surface area contributed by atoms with Gasteiger partial charge in [-0.3, -0.25) is 0 Å². The fourth-order valence-corrected chi connectivity index (χ4v) is 3.96. The number of hydrogen-bond donors (Lipinski definition) is 1. The first-order valence-corrected chi connectivity index (χ1v) is 11.7. The molecule has 174 valence electrons. The van der Waals surface area contributed by atoms with Gasteiger partial charge in [0.2, 0.25) is 11.5 Å². The third-order valence-electron chi connectivity index (χ3n) is 5.67. The standard InChI is InChI=1S/C25H44O5/c1-27-22-20-21(23(28-2)25(30-4)24(22)29-3)18-16-14-12-10-8-6-5-7-9-11-13-15-17-19-26/h20,26H,5-19H2,1-4H3. The molecule has 0 saturated heterocycles. The fraction of sp³-hybridized carbons (Fsp3) is 0.760. The van der Waals surface area contributed by atoms with Crippen LogP contribution in [0.5, 0.6) is 23.0 Å². The van der Waals surface area contributed by atoms with E-state index in [4.69, 9.17) is 24.1 Å². The first-order chi connectivity index (χ1) is 14.7. The predicted octanol–water partition coefficient (Wildman–Crippen LogP) is 6.33. The van der Waals surface area contributed by atoms with Crippen LogP contribution in [0.3, 0.4) is 0 Å². The SMILES string of the molecule is COc1cc(CCCCCCCCCCCCCCCO)c(OC)c(OC)c1OC. The number of aryl methyl sites for hydroxylation is 1. The number of unbranched alkanes of at least 4 members (excludes halogenated alkanes) is 12. The second kappa shape index (κ2) is 17.1. The lowest BCUT2D eigenvalue weighted by Gasteiger charge is -2.18. The van der Waals surface area contributed by atoms with E-state index in [2.05, 4.69) is 0 Å². The Kier molecular flexibility index (Phi) is 15.1. The third-order valence-corrected chi connectivity index (χ3v) is 5.67. The van der Waals surface area contributed by atoms with Gasteiger partial charge in [0.25, 0.3) is 0 Å². The van der Waals surface area contributed by atoms with Crippen molar-refractivity contribution in [3.8, 4) is 23.0 Å². The first kappa shape index (κ1) is 26.4. The van der Waals surface area contributed by atoms with Crippen molar-refractivity contribution in [2.75, 3.05) is 35.0 Å². The Balaban J connectivity index is 2.22. The molecule has 1 N–H and O–H groups in total. The topological polar surface area (TPSA) is 57.2 Å². The number of rotatable bonds is 19. The van der Waals surface area contributed by atoms with Gasteiger partial charge >= 0.3 is 0 Å². The van der Waals surface area contributed by atoms with Crippen LogP contribution in [0.25, 0.3) is 0 Å². The summed E-state index contributed by atoms with van der Waals surface area (Å²) in [5.41, 5.74) is 1.10. The third kappa shape index (κ3) is 9.46. The van der Waals surface area contributed by atoms with E-state index in [0.29, 0.717) is 23.9 Å². The highest BCUT2D eigenvalue weighted by atomic mass is 16.5. The van der Waals surface area contributed by atoms with Gasteiger partial charge in [-0.15, -0.1) is 0 Å². The average molecular weight is 425 g/mol. The van der Waals surface area contributed by atoms with E-state index in [9.17, 15) is 0 Å². The molecule has 0 unspecified atom stereocenters. The van der Waals surface area contributed by atoms with Crippen molar-refractivity contribution in [1.29, 1.82) is 0 Å². The van der Waals surface area contributed by atoms with E-state index in [1.165, 1.54) is 70.6 Å². The molecule has 0 saturated carbocycles. The van der Waals surface area contributed by atoms with Gasteiger partial charge < -0.3 is 24.1 Å². The highest BCUT2D eigenvalue weighted by Gasteiger charge is 2.21. The van der Waals surface area contributed by atoms with Crippen LogP contribution in [-0.2, 0) is 6.42 Å². The summed E-state index contributed by atoms with van der Waals surface area (Å²) in [7, 11) is 6.55. The van der Waals surface area contributed by atoms with Gasteiger partial charge in [-0.05, 0) is 25.3 Å². The first-order valence-electron chi connectivity index (χ1n) is 11.7. The van der Waals surface area contributed by atoms with Crippen molar-refractivity contribution < 1.29 is 24.1 Å². The Morgan fingerprint density at radius 1 is 0.533 bits per heavy atom. The fourth-order valence-electron chi connectivity index (χ4n) is 3.96. The van der Waals surface area contributed by atoms with E-state index in [1.54, 1.807) is 28.4 Å². The summed E-state index contributed by atoms with van der Waals surface area (Å²) in [6, 6.07) is 2.00. The molecular weight excluding hydrogens is 380 g/mol. The van der Waals surface area contributed by atoms with Gasteiger partial charge in [-0.25, -0.2) is 0 Å². The van der Waals surface area contributed by atoms with E-state index in [1.807, 2.05) is 6.07 Å².